The molecule has 4 rings (SSSR count). The number of ether oxygens (including phenoxy) is 3. The first-order valence-electron chi connectivity index (χ1n) is 11.7. The maximum atomic E-state index is 12.6. The van der Waals surface area contributed by atoms with Crippen LogP contribution in [0.3, 0.4) is 0 Å². The van der Waals surface area contributed by atoms with Crippen molar-refractivity contribution >= 4 is 11.9 Å². The molecule has 1 amide bonds. The van der Waals surface area contributed by atoms with Crippen LogP contribution in [0.5, 0.6) is 11.5 Å². The van der Waals surface area contributed by atoms with Crippen LogP contribution in [0.25, 0.3) is 0 Å². The molecule has 7 heteroatoms. The van der Waals surface area contributed by atoms with Gasteiger partial charge in [-0.1, -0.05) is 13.0 Å². The van der Waals surface area contributed by atoms with Crippen LogP contribution in [-0.2, 0) is 14.3 Å². The average molecular weight is 446 g/mol. The van der Waals surface area contributed by atoms with E-state index in [1.54, 1.807) is 18.9 Å². The van der Waals surface area contributed by atoms with Crippen molar-refractivity contribution in [1.82, 2.24) is 4.90 Å². The van der Waals surface area contributed by atoms with Crippen molar-refractivity contribution < 1.29 is 28.9 Å². The van der Waals surface area contributed by atoms with Crippen molar-refractivity contribution in [2.24, 2.45) is 17.3 Å². The number of aliphatic hydroxyl groups is 1. The molecule has 2 saturated carbocycles. The Hall–Kier alpha value is -2.28. The van der Waals surface area contributed by atoms with Gasteiger partial charge in [0.15, 0.2) is 18.1 Å². The van der Waals surface area contributed by atoms with Crippen molar-refractivity contribution in [3.63, 3.8) is 0 Å². The Labute approximate surface area is 190 Å². The van der Waals surface area contributed by atoms with Gasteiger partial charge in [0.25, 0.3) is 5.91 Å². The molecular formula is C25H35NO6. The third-order valence-electron chi connectivity index (χ3n) is 7.46. The van der Waals surface area contributed by atoms with E-state index in [4.69, 9.17) is 14.2 Å². The monoisotopic (exact) mass is 445 g/mol. The topological polar surface area (TPSA) is 85.3 Å². The Morgan fingerprint density at radius 2 is 1.84 bits per heavy atom. The lowest BCUT2D eigenvalue weighted by molar-refractivity contribution is -0.150. The quantitative estimate of drug-likeness (QED) is 0.588. The van der Waals surface area contributed by atoms with E-state index < -0.39 is 17.5 Å². The Bertz CT molecular complexity index is 850. The number of methoxy groups -OCH3 is 1. The molecule has 1 aromatic rings. The minimum Gasteiger partial charge on any atom is -0.493 e. The van der Waals surface area contributed by atoms with Gasteiger partial charge < -0.3 is 24.2 Å². The van der Waals surface area contributed by atoms with Crippen LogP contribution in [0.15, 0.2) is 18.2 Å². The number of hydrogen-bond acceptors (Lipinski definition) is 6. The number of benzene rings is 1. The van der Waals surface area contributed by atoms with Gasteiger partial charge in [0.05, 0.1) is 13.2 Å². The van der Waals surface area contributed by atoms with Crippen LogP contribution < -0.4 is 9.47 Å². The molecule has 1 N–H and O–H groups in total. The Balaban J connectivity index is 1.58. The second-order valence-corrected chi connectivity index (χ2v) is 9.96. The molecular weight excluding hydrogens is 410 g/mol. The number of hydrogen-bond donors (Lipinski definition) is 1. The zero-order chi connectivity index (χ0) is 23.0. The maximum absolute atomic E-state index is 12.6. The van der Waals surface area contributed by atoms with Crippen LogP contribution in [0.2, 0.25) is 0 Å². The summed E-state index contributed by atoms with van der Waals surface area (Å²) in [4.78, 5) is 25.4. The fourth-order valence-corrected chi connectivity index (χ4v) is 4.94. The standard InChI is InChI=1S/C25H35NO6/c1-15(27)25(3)14-26(23(29)13-31-16(2)28)12-20(25)19-9-10-21(30-4)22(11-19)32-24(17-5-6-17)18-7-8-18/h9-11,15,17-18,20,24,27H,5-8,12-14H2,1-4H3/t15-,20+,25+/m1/s1. The maximum Gasteiger partial charge on any atom is 0.303 e. The second-order valence-electron chi connectivity index (χ2n) is 9.96. The van der Waals surface area contributed by atoms with Gasteiger partial charge >= 0.3 is 5.97 Å². The molecule has 1 aromatic carbocycles. The summed E-state index contributed by atoms with van der Waals surface area (Å²) in [5, 5.41) is 10.7. The molecule has 3 atom stereocenters. The molecule has 0 radical (unpaired) electrons. The van der Waals surface area contributed by atoms with Crippen molar-refractivity contribution in [3.05, 3.63) is 23.8 Å². The highest BCUT2D eigenvalue weighted by atomic mass is 16.5. The van der Waals surface area contributed by atoms with Crippen LogP contribution in [0, 0.1) is 17.3 Å². The molecule has 0 aromatic heterocycles. The lowest BCUT2D eigenvalue weighted by Crippen LogP contribution is -2.39. The molecule has 0 unspecified atom stereocenters. The van der Waals surface area contributed by atoms with Crippen LogP contribution in [0.1, 0.15) is 57.9 Å². The number of carbonyl (C=O) groups excluding carboxylic acids is 2. The van der Waals surface area contributed by atoms with E-state index in [-0.39, 0.29) is 24.5 Å². The zero-order valence-electron chi connectivity index (χ0n) is 19.5. The molecule has 32 heavy (non-hydrogen) atoms. The molecule has 3 fully saturated rings. The average Bonchev–Trinajstić information content (AvgIpc) is 3.68. The van der Waals surface area contributed by atoms with Gasteiger partial charge in [-0.2, -0.15) is 0 Å². The summed E-state index contributed by atoms with van der Waals surface area (Å²) in [5.41, 5.74) is 0.474. The van der Waals surface area contributed by atoms with Crippen molar-refractivity contribution in [2.75, 3.05) is 26.8 Å². The normalized spacial score (nSPS) is 26.2. The van der Waals surface area contributed by atoms with E-state index in [9.17, 15) is 14.7 Å². The van der Waals surface area contributed by atoms with Gasteiger partial charge in [-0.05, 0) is 62.1 Å². The van der Waals surface area contributed by atoms with Crippen molar-refractivity contribution in [2.45, 2.75) is 64.6 Å². The number of carbonyl (C=O) groups is 2. The lowest BCUT2D eigenvalue weighted by Gasteiger charge is -2.34. The molecule has 1 aliphatic heterocycles. The summed E-state index contributed by atoms with van der Waals surface area (Å²) in [5.74, 6) is 1.91. The Morgan fingerprint density at radius 3 is 2.38 bits per heavy atom. The smallest absolute Gasteiger partial charge is 0.303 e. The van der Waals surface area contributed by atoms with E-state index >= 15 is 0 Å². The summed E-state index contributed by atoms with van der Waals surface area (Å²) in [7, 11) is 1.65. The van der Waals surface area contributed by atoms with Crippen LogP contribution in [-0.4, -0.2) is 60.9 Å². The van der Waals surface area contributed by atoms with Gasteiger partial charge in [0, 0.05) is 31.3 Å². The Morgan fingerprint density at radius 1 is 1.19 bits per heavy atom. The van der Waals surface area contributed by atoms with Crippen LogP contribution in [0.4, 0.5) is 0 Å². The predicted octanol–water partition coefficient (Wildman–Crippen LogP) is 3.14. The zero-order valence-corrected chi connectivity index (χ0v) is 19.5. The van der Waals surface area contributed by atoms with Crippen molar-refractivity contribution in [1.29, 1.82) is 0 Å². The first kappa shape index (κ1) is 22.9. The summed E-state index contributed by atoms with van der Waals surface area (Å²) >= 11 is 0. The van der Waals surface area contributed by atoms with Crippen LogP contribution >= 0.6 is 0 Å². The highest BCUT2D eigenvalue weighted by Crippen LogP contribution is 2.49. The molecule has 1 heterocycles. The Kier molecular flexibility index (Phi) is 6.39. The summed E-state index contributed by atoms with van der Waals surface area (Å²) in [6.07, 6.45) is 4.52. The van der Waals surface area contributed by atoms with Gasteiger partial charge in [-0.25, -0.2) is 0 Å². The molecule has 2 aliphatic carbocycles. The first-order chi connectivity index (χ1) is 15.2. The summed E-state index contributed by atoms with van der Waals surface area (Å²) < 4.78 is 17.0. The minimum atomic E-state index is -0.629. The molecule has 0 spiro atoms. The minimum absolute atomic E-state index is 0.0858. The van der Waals surface area contributed by atoms with Gasteiger partial charge in [0.1, 0.15) is 6.10 Å². The molecule has 1 saturated heterocycles. The molecule has 0 bridgehead atoms. The van der Waals surface area contributed by atoms with E-state index in [0.29, 0.717) is 30.7 Å². The number of nitrogens with zero attached hydrogens (tertiary/aromatic N) is 1. The molecule has 7 nitrogen and oxygen atoms in total. The van der Waals surface area contributed by atoms with E-state index in [1.807, 2.05) is 25.1 Å². The number of aliphatic hydroxyl groups excluding tert-OH is 1. The second kappa shape index (κ2) is 8.93. The summed E-state index contributed by atoms with van der Waals surface area (Å²) in [6, 6.07) is 5.95. The number of likely N-dealkylation sites (tertiary alicyclic amines) is 1. The SMILES string of the molecule is COc1ccc([C@@H]2CN(C(=O)COC(C)=O)C[C@@]2(C)[C@@H](C)O)cc1OC(C1CC1)C1CC1. The largest absolute Gasteiger partial charge is 0.493 e. The summed E-state index contributed by atoms with van der Waals surface area (Å²) in [6.45, 7) is 5.62. The molecule has 3 aliphatic rings. The van der Waals surface area contributed by atoms with E-state index in [0.717, 1.165) is 11.3 Å². The van der Waals surface area contributed by atoms with Gasteiger partial charge in [-0.3, -0.25) is 9.59 Å². The van der Waals surface area contributed by atoms with E-state index in [2.05, 4.69) is 0 Å². The third-order valence-corrected chi connectivity index (χ3v) is 7.46. The lowest BCUT2D eigenvalue weighted by atomic mass is 9.72. The fraction of sp³-hybridized carbons (Fsp3) is 0.680. The highest BCUT2D eigenvalue weighted by Gasteiger charge is 2.49. The fourth-order valence-electron chi connectivity index (χ4n) is 4.94. The number of amides is 1. The first-order valence-corrected chi connectivity index (χ1v) is 11.7. The van der Waals surface area contributed by atoms with Crippen molar-refractivity contribution in [3.8, 4) is 11.5 Å². The number of rotatable bonds is 9. The van der Waals surface area contributed by atoms with E-state index in [1.165, 1.54) is 32.6 Å². The van der Waals surface area contributed by atoms with Gasteiger partial charge in [0.2, 0.25) is 0 Å². The highest BCUT2D eigenvalue weighted by molar-refractivity contribution is 5.80. The predicted molar refractivity (Wildman–Crippen MR) is 119 cm³/mol. The number of esters is 1. The van der Waals surface area contributed by atoms with Gasteiger partial charge in [-0.15, -0.1) is 0 Å². The third kappa shape index (κ3) is 4.72. The molecule has 176 valence electrons.